The number of rotatable bonds is 2. The number of hydrogen-bond donors (Lipinski definition) is 0. The van der Waals surface area contributed by atoms with Gasteiger partial charge < -0.3 is 0 Å². The van der Waals surface area contributed by atoms with E-state index < -0.39 is 0 Å². The van der Waals surface area contributed by atoms with Crippen LogP contribution in [-0.4, -0.2) is 15.1 Å². The van der Waals surface area contributed by atoms with Gasteiger partial charge >= 0.3 is 0 Å². The quantitative estimate of drug-likeness (QED) is 0.668. The van der Waals surface area contributed by atoms with Gasteiger partial charge in [0.25, 0.3) is 0 Å². The van der Waals surface area contributed by atoms with E-state index in [2.05, 4.69) is 34.0 Å². The molecule has 56 valence electrons. The normalized spacial score (nSPS) is 10.3. The van der Waals surface area contributed by atoms with Crippen molar-refractivity contribution < 1.29 is 0 Å². The van der Waals surface area contributed by atoms with Crippen molar-refractivity contribution in [1.29, 1.82) is 0 Å². The third-order valence-corrected chi connectivity index (χ3v) is 1.91. The van der Waals surface area contributed by atoms with E-state index in [1.807, 2.05) is 11.7 Å². The van der Waals surface area contributed by atoms with Crippen LogP contribution in [0.25, 0.3) is 0 Å². The van der Waals surface area contributed by atoms with Crippen LogP contribution in [0.3, 0.4) is 0 Å². The molecule has 0 aliphatic carbocycles. The number of alkyl halides is 1. The number of halogens is 1. The van der Waals surface area contributed by atoms with Crippen LogP contribution in [-0.2, 0) is 13.5 Å². The lowest BCUT2D eigenvalue weighted by atomic mass is 10.3. The van der Waals surface area contributed by atoms with Crippen molar-refractivity contribution in [2.75, 3.05) is 5.33 Å². The maximum atomic E-state index is 4.29. The number of hydrogen-bond acceptors (Lipinski definition) is 1. The molecule has 2 nitrogen and oxygen atoms in total. The lowest BCUT2D eigenvalue weighted by Gasteiger charge is -1.89. The number of nitrogens with zero attached hydrogens (tertiary/aromatic N) is 2. The highest BCUT2D eigenvalue weighted by molar-refractivity contribution is 9.09. The molecule has 0 spiro atoms. The van der Waals surface area contributed by atoms with Gasteiger partial charge in [0.15, 0.2) is 0 Å². The van der Waals surface area contributed by atoms with Gasteiger partial charge in [-0.15, -0.1) is 0 Å². The van der Waals surface area contributed by atoms with Crippen molar-refractivity contribution >= 4 is 15.9 Å². The van der Waals surface area contributed by atoms with Gasteiger partial charge in [-0.3, -0.25) is 4.68 Å². The van der Waals surface area contributed by atoms with E-state index in [-0.39, 0.29) is 0 Å². The average molecular weight is 203 g/mol. The van der Waals surface area contributed by atoms with E-state index in [1.54, 1.807) is 0 Å². The second-order valence-corrected chi connectivity index (χ2v) is 3.13. The Morgan fingerprint density at radius 3 is 2.80 bits per heavy atom. The van der Waals surface area contributed by atoms with Crippen molar-refractivity contribution in [3.8, 4) is 0 Å². The molecule has 0 aliphatic rings. The standard InChI is InChI=1S/C7H11BrN2/c1-6-5-7(3-4-8)9-10(6)2/h5H,3-4H2,1-2H3. The maximum Gasteiger partial charge on any atom is 0.0635 e. The van der Waals surface area contributed by atoms with Crippen LogP contribution >= 0.6 is 15.9 Å². The molecule has 0 saturated heterocycles. The summed E-state index contributed by atoms with van der Waals surface area (Å²) in [5.74, 6) is 0. The zero-order valence-electron chi connectivity index (χ0n) is 6.26. The third kappa shape index (κ3) is 1.59. The maximum absolute atomic E-state index is 4.29. The van der Waals surface area contributed by atoms with Gasteiger partial charge in [0.05, 0.1) is 5.69 Å². The smallest absolute Gasteiger partial charge is 0.0635 e. The molecule has 0 N–H and O–H groups in total. The van der Waals surface area contributed by atoms with Gasteiger partial charge in [-0.2, -0.15) is 5.10 Å². The first kappa shape index (κ1) is 7.79. The van der Waals surface area contributed by atoms with Crippen LogP contribution in [0.1, 0.15) is 11.4 Å². The van der Waals surface area contributed by atoms with E-state index in [1.165, 1.54) is 5.69 Å². The van der Waals surface area contributed by atoms with E-state index in [4.69, 9.17) is 0 Å². The SMILES string of the molecule is Cc1cc(CCBr)nn1C. The molecule has 1 aromatic heterocycles. The monoisotopic (exact) mass is 202 g/mol. The van der Waals surface area contributed by atoms with Gasteiger partial charge in [0.2, 0.25) is 0 Å². The van der Waals surface area contributed by atoms with Crippen LogP contribution in [0.4, 0.5) is 0 Å². The Labute approximate surface area is 69.4 Å². The van der Waals surface area contributed by atoms with Crippen molar-refractivity contribution in [3.63, 3.8) is 0 Å². The fraction of sp³-hybridized carbons (Fsp3) is 0.571. The predicted octanol–water partition coefficient (Wildman–Crippen LogP) is 1.67. The van der Waals surface area contributed by atoms with Crippen LogP contribution in [0.2, 0.25) is 0 Å². The minimum Gasteiger partial charge on any atom is -0.273 e. The summed E-state index contributed by atoms with van der Waals surface area (Å²) < 4.78 is 1.90. The molecule has 1 heterocycles. The van der Waals surface area contributed by atoms with Gasteiger partial charge in [0, 0.05) is 24.5 Å². The Bertz CT molecular complexity index is 198. The third-order valence-electron chi connectivity index (χ3n) is 1.52. The first-order valence-electron chi connectivity index (χ1n) is 3.29. The van der Waals surface area contributed by atoms with Crippen LogP contribution in [0.15, 0.2) is 6.07 Å². The van der Waals surface area contributed by atoms with Crippen molar-refractivity contribution in [1.82, 2.24) is 9.78 Å². The summed E-state index contributed by atoms with van der Waals surface area (Å²) in [5.41, 5.74) is 2.38. The fourth-order valence-corrected chi connectivity index (χ4v) is 1.26. The summed E-state index contributed by atoms with van der Waals surface area (Å²) in [6.45, 7) is 2.06. The molecule has 0 radical (unpaired) electrons. The topological polar surface area (TPSA) is 17.8 Å². The van der Waals surface area contributed by atoms with Crippen LogP contribution in [0.5, 0.6) is 0 Å². The molecule has 0 fully saturated rings. The van der Waals surface area contributed by atoms with Crippen molar-refractivity contribution in [2.45, 2.75) is 13.3 Å². The lowest BCUT2D eigenvalue weighted by Crippen LogP contribution is -1.93. The summed E-state index contributed by atoms with van der Waals surface area (Å²) in [7, 11) is 1.97. The second-order valence-electron chi connectivity index (χ2n) is 2.34. The first-order chi connectivity index (χ1) is 4.74. The molecule has 10 heavy (non-hydrogen) atoms. The molecule has 1 rings (SSSR count). The summed E-state index contributed by atoms with van der Waals surface area (Å²) in [4.78, 5) is 0. The first-order valence-corrected chi connectivity index (χ1v) is 4.41. The largest absolute Gasteiger partial charge is 0.273 e. The van der Waals surface area contributed by atoms with Crippen molar-refractivity contribution in [2.24, 2.45) is 7.05 Å². The minimum atomic E-state index is 0.990. The molecule has 0 bridgehead atoms. The fourth-order valence-electron chi connectivity index (χ4n) is 0.854. The molecule has 0 unspecified atom stereocenters. The van der Waals surface area contributed by atoms with Crippen molar-refractivity contribution in [3.05, 3.63) is 17.5 Å². The zero-order valence-corrected chi connectivity index (χ0v) is 7.85. The Kier molecular flexibility index (Phi) is 2.49. The summed E-state index contributed by atoms with van der Waals surface area (Å²) in [6, 6.07) is 2.11. The lowest BCUT2D eigenvalue weighted by molar-refractivity contribution is 0.724. The highest BCUT2D eigenvalue weighted by Gasteiger charge is 1.98. The van der Waals surface area contributed by atoms with Gasteiger partial charge in [-0.05, 0) is 13.0 Å². The van der Waals surface area contributed by atoms with Crippen LogP contribution in [0, 0.1) is 6.92 Å². The molecule has 0 saturated carbocycles. The molecule has 0 aromatic carbocycles. The molecular weight excluding hydrogens is 192 g/mol. The van der Waals surface area contributed by atoms with E-state index >= 15 is 0 Å². The number of aromatic nitrogens is 2. The van der Waals surface area contributed by atoms with Crippen LogP contribution < -0.4 is 0 Å². The molecule has 1 aromatic rings. The summed E-state index contributed by atoms with van der Waals surface area (Å²) in [6.07, 6.45) is 1.02. The van der Waals surface area contributed by atoms with Gasteiger partial charge in [-0.1, -0.05) is 15.9 Å². The molecule has 0 aliphatic heterocycles. The van der Waals surface area contributed by atoms with E-state index in [9.17, 15) is 0 Å². The Morgan fingerprint density at radius 2 is 2.40 bits per heavy atom. The zero-order chi connectivity index (χ0) is 7.56. The molecule has 3 heteroatoms. The molecular formula is C7H11BrN2. The molecule has 0 atom stereocenters. The van der Waals surface area contributed by atoms with E-state index in [0.717, 1.165) is 17.4 Å². The van der Waals surface area contributed by atoms with Gasteiger partial charge in [-0.25, -0.2) is 0 Å². The van der Waals surface area contributed by atoms with E-state index in [0.29, 0.717) is 0 Å². The highest BCUT2D eigenvalue weighted by atomic mass is 79.9. The summed E-state index contributed by atoms with van der Waals surface area (Å²) >= 11 is 3.37. The predicted molar refractivity (Wildman–Crippen MR) is 45.4 cm³/mol. The Morgan fingerprint density at radius 1 is 1.70 bits per heavy atom. The summed E-state index contributed by atoms with van der Waals surface area (Å²) in [5, 5.41) is 5.28. The molecule has 0 amide bonds. The van der Waals surface area contributed by atoms with Gasteiger partial charge in [0.1, 0.15) is 0 Å². The Balaban J connectivity index is 2.77. The average Bonchev–Trinajstić information content (AvgIpc) is 2.14. The number of aryl methyl sites for hydroxylation is 3. The second kappa shape index (κ2) is 3.19. The highest BCUT2D eigenvalue weighted by Crippen LogP contribution is 2.02. The Hall–Kier alpha value is -0.310. The minimum absolute atomic E-state index is 0.990.